The molecule has 0 saturated heterocycles. The predicted molar refractivity (Wildman–Crippen MR) is 81.2 cm³/mol. The van der Waals surface area contributed by atoms with Crippen molar-refractivity contribution in [1.82, 2.24) is 10.6 Å². The van der Waals surface area contributed by atoms with Crippen molar-refractivity contribution in [3.05, 3.63) is 24.2 Å². The maximum absolute atomic E-state index is 11.7. The summed E-state index contributed by atoms with van der Waals surface area (Å²) >= 11 is 0. The number of hydrogen-bond acceptors (Lipinski definition) is 5. The predicted octanol–water partition coefficient (Wildman–Crippen LogP) is 2.12. The van der Waals surface area contributed by atoms with Crippen LogP contribution in [-0.4, -0.2) is 24.5 Å². The van der Waals surface area contributed by atoms with Crippen LogP contribution in [0, 0.1) is 5.92 Å². The Labute approximate surface area is 134 Å². The van der Waals surface area contributed by atoms with Crippen LogP contribution in [0.4, 0.5) is 4.79 Å². The van der Waals surface area contributed by atoms with Crippen LogP contribution in [0.5, 0.6) is 0 Å². The highest BCUT2D eigenvalue weighted by Gasteiger charge is 2.18. The van der Waals surface area contributed by atoms with Gasteiger partial charge in [0.2, 0.25) is 0 Å². The van der Waals surface area contributed by atoms with Crippen molar-refractivity contribution in [3.63, 3.8) is 0 Å². The summed E-state index contributed by atoms with van der Waals surface area (Å²) in [6.07, 6.45) is 7.43. The number of carbonyl (C=O) groups excluding carboxylic acids is 3. The van der Waals surface area contributed by atoms with Gasteiger partial charge in [-0.1, -0.05) is 19.3 Å². The van der Waals surface area contributed by atoms with Crippen LogP contribution in [0.2, 0.25) is 0 Å². The lowest BCUT2D eigenvalue weighted by atomic mass is 9.87. The second-order valence-electron chi connectivity index (χ2n) is 5.68. The molecule has 1 aliphatic rings. The molecule has 7 nitrogen and oxygen atoms in total. The van der Waals surface area contributed by atoms with Crippen LogP contribution in [-0.2, 0) is 20.9 Å². The zero-order valence-electron chi connectivity index (χ0n) is 13.0. The summed E-state index contributed by atoms with van der Waals surface area (Å²) in [7, 11) is 0. The first-order valence-corrected chi connectivity index (χ1v) is 7.89. The minimum atomic E-state index is -0.658. The smallest absolute Gasteiger partial charge is 0.321 e. The highest BCUT2D eigenvalue weighted by atomic mass is 16.5. The van der Waals surface area contributed by atoms with Gasteiger partial charge in [0, 0.05) is 6.42 Å². The fraction of sp³-hybridized carbons (Fsp3) is 0.562. The molecule has 0 aliphatic heterocycles. The number of rotatable bonds is 6. The number of esters is 1. The van der Waals surface area contributed by atoms with Crippen molar-refractivity contribution in [2.75, 3.05) is 6.61 Å². The molecule has 1 aromatic rings. The number of amides is 3. The molecular formula is C16H22N2O5. The number of ether oxygens (including phenoxy) is 1. The van der Waals surface area contributed by atoms with Crippen LogP contribution in [0.1, 0.15) is 44.3 Å². The molecular weight excluding hydrogens is 300 g/mol. The lowest BCUT2D eigenvalue weighted by Crippen LogP contribution is -2.41. The standard InChI is InChI=1S/C16H22N2O5/c19-14(18-16(21)17-10-13-7-4-8-22-13)11-23-15(20)9-12-5-2-1-3-6-12/h4,7-8,12H,1-3,5-6,9-11H2,(H2,17,18,19,21). The molecule has 1 fully saturated rings. The van der Waals surface area contributed by atoms with Crippen molar-refractivity contribution in [3.8, 4) is 0 Å². The van der Waals surface area contributed by atoms with Gasteiger partial charge in [0.1, 0.15) is 5.76 Å². The quantitative estimate of drug-likeness (QED) is 0.782. The number of nitrogens with one attached hydrogen (secondary N) is 2. The summed E-state index contributed by atoms with van der Waals surface area (Å²) in [5, 5.41) is 4.56. The van der Waals surface area contributed by atoms with E-state index < -0.39 is 18.5 Å². The molecule has 0 spiro atoms. The summed E-state index contributed by atoms with van der Waals surface area (Å²) in [5.41, 5.74) is 0. The van der Waals surface area contributed by atoms with Gasteiger partial charge in [0.25, 0.3) is 5.91 Å². The van der Waals surface area contributed by atoms with Crippen molar-refractivity contribution < 1.29 is 23.5 Å². The minimum Gasteiger partial charge on any atom is -0.467 e. The molecule has 1 aliphatic carbocycles. The van der Waals surface area contributed by atoms with Gasteiger partial charge in [0.05, 0.1) is 12.8 Å². The molecule has 1 heterocycles. The van der Waals surface area contributed by atoms with Gasteiger partial charge in [-0.05, 0) is 30.9 Å². The number of hydrogen-bond donors (Lipinski definition) is 2. The Balaban J connectivity index is 1.58. The van der Waals surface area contributed by atoms with E-state index in [0.29, 0.717) is 18.1 Å². The second kappa shape index (κ2) is 8.97. The van der Waals surface area contributed by atoms with Crippen molar-refractivity contribution in [2.24, 2.45) is 5.92 Å². The molecule has 0 unspecified atom stereocenters. The van der Waals surface area contributed by atoms with Gasteiger partial charge in [-0.15, -0.1) is 0 Å². The fourth-order valence-electron chi connectivity index (χ4n) is 2.62. The van der Waals surface area contributed by atoms with Crippen LogP contribution in [0.3, 0.4) is 0 Å². The van der Waals surface area contributed by atoms with Crippen LogP contribution >= 0.6 is 0 Å². The molecule has 0 aromatic carbocycles. The molecule has 1 aromatic heterocycles. The van der Waals surface area contributed by atoms with E-state index in [0.717, 1.165) is 25.7 Å². The Kier molecular flexibility index (Phi) is 6.65. The van der Waals surface area contributed by atoms with E-state index in [9.17, 15) is 14.4 Å². The molecule has 0 radical (unpaired) electrons. The Morgan fingerprint density at radius 1 is 1.22 bits per heavy atom. The summed E-state index contributed by atoms with van der Waals surface area (Å²) < 4.78 is 9.95. The van der Waals surface area contributed by atoms with Crippen molar-refractivity contribution in [2.45, 2.75) is 45.1 Å². The molecule has 2 rings (SSSR count). The molecule has 3 amide bonds. The summed E-state index contributed by atoms with van der Waals surface area (Å²) in [6.45, 7) is -0.271. The Morgan fingerprint density at radius 2 is 2.00 bits per heavy atom. The largest absolute Gasteiger partial charge is 0.467 e. The first kappa shape index (κ1) is 17.1. The van der Waals surface area contributed by atoms with Gasteiger partial charge >= 0.3 is 12.0 Å². The first-order chi connectivity index (χ1) is 11.1. The van der Waals surface area contributed by atoms with Crippen LogP contribution < -0.4 is 10.6 Å². The Bertz CT molecular complexity index is 521. The van der Waals surface area contributed by atoms with E-state index >= 15 is 0 Å². The normalized spacial score (nSPS) is 15.0. The van der Waals surface area contributed by atoms with E-state index in [1.54, 1.807) is 12.1 Å². The SMILES string of the molecule is O=C(COC(=O)CC1CCCCC1)NC(=O)NCc1ccco1. The molecule has 0 atom stereocenters. The number of urea groups is 1. The molecule has 1 saturated carbocycles. The third-order valence-electron chi connectivity index (χ3n) is 3.80. The highest BCUT2D eigenvalue weighted by Crippen LogP contribution is 2.26. The number of furan rings is 1. The second-order valence-corrected chi connectivity index (χ2v) is 5.68. The summed E-state index contributed by atoms with van der Waals surface area (Å²) in [4.78, 5) is 34.7. The summed E-state index contributed by atoms with van der Waals surface area (Å²) in [5.74, 6) is -0.107. The van der Waals surface area contributed by atoms with Gasteiger partial charge < -0.3 is 14.5 Å². The Morgan fingerprint density at radius 3 is 2.70 bits per heavy atom. The number of carbonyl (C=O) groups is 3. The zero-order valence-corrected chi connectivity index (χ0v) is 13.0. The lowest BCUT2D eigenvalue weighted by molar-refractivity contribution is -0.149. The molecule has 2 N–H and O–H groups in total. The van der Waals surface area contributed by atoms with Crippen molar-refractivity contribution in [1.29, 1.82) is 0 Å². The zero-order chi connectivity index (χ0) is 16.5. The third-order valence-corrected chi connectivity index (χ3v) is 3.80. The topological polar surface area (TPSA) is 97.6 Å². The fourth-order valence-corrected chi connectivity index (χ4v) is 2.62. The molecule has 7 heteroatoms. The maximum Gasteiger partial charge on any atom is 0.321 e. The monoisotopic (exact) mass is 322 g/mol. The number of imide groups is 1. The van der Waals surface area contributed by atoms with E-state index in [2.05, 4.69) is 10.6 Å². The maximum atomic E-state index is 11.7. The molecule has 126 valence electrons. The van der Waals surface area contributed by atoms with Crippen LogP contribution in [0.25, 0.3) is 0 Å². The Hall–Kier alpha value is -2.31. The first-order valence-electron chi connectivity index (χ1n) is 7.89. The average molecular weight is 322 g/mol. The van der Waals surface area contributed by atoms with E-state index in [-0.39, 0.29) is 12.5 Å². The average Bonchev–Trinajstić information content (AvgIpc) is 3.05. The van der Waals surface area contributed by atoms with Gasteiger partial charge in [0.15, 0.2) is 6.61 Å². The van der Waals surface area contributed by atoms with Gasteiger partial charge in [-0.3, -0.25) is 14.9 Å². The van der Waals surface area contributed by atoms with Crippen LogP contribution in [0.15, 0.2) is 22.8 Å². The van der Waals surface area contributed by atoms with Gasteiger partial charge in [-0.2, -0.15) is 0 Å². The lowest BCUT2D eigenvalue weighted by Gasteiger charge is -2.20. The highest BCUT2D eigenvalue weighted by molar-refractivity contribution is 5.95. The minimum absolute atomic E-state index is 0.174. The van der Waals surface area contributed by atoms with Gasteiger partial charge in [-0.25, -0.2) is 4.79 Å². The summed E-state index contributed by atoms with van der Waals surface area (Å²) in [6, 6.07) is 2.75. The van der Waals surface area contributed by atoms with E-state index in [1.165, 1.54) is 12.7 Å². The third kappa shape index (κ3) is 6.54. The van der Waals surface area contributed by atoms with Crippen molar-refractivity contribution >= 4 is 17.9 Å². The van der Waals surface area contributed by atoms with E-state index in [4.69, 9.17) is 9.15 Å². The molecule has 23 heavy (non-hydrogen) atoms. The molecule has 0 bridgehead atoms. The van der Waals surface area contributed by atoms with E-state index in [1.807, 2.05) is 0 Å².